The third-order valence-corrected chi connectivity index (χ3v) is 5.05. The lowest BCUT2D eigenvalue weighted by molar-refractivity contribution is -0.117. The molecule has 0 radical (unpaired) electrons. The number of carbonyl (C=O) groups excluding carboxylic acids is 1. The van der Waals surface area contributed by atoms with Crippen molar-refractivity contribution >= 4 is 27.7 Å². The van der Waals surface area contributed by atoms with Gasteiger partial charge in [-0.1, -0.05) is 42.5 Å². The Kier molecular flexibility index (Phi) is 5.31. The lowest BCUT2D eigenvalue weighted by Gasteiger charge is -2.16. The third-order valence-electron chi connectivity index (χ3n) is 4.01. The molecule has 1 aliphatic heterocycles. The summed E-state index contributed by atoms with van der Waals surface area (Å²) in [5.41, 5.74) is 2.45. The maximum Gasteiger partial charge on any atom is 0.234 e. The number of anilines is 1. The molecule has 2 aromatic rings. The quantitative estimate of drug-likeness (QED) is 0.865. The van der Waals surface area contributed by atoms with Crippen molar-refractivity contribution in [2.45, 2.75) is 19.4 Å². The van der Waals surface area contributed by atoms with Crippen molar-refractivity contribution in [1.29, 1.82) is 0 Å². The van der Waals surface area contributed by atoms with Gasteiger partial charge in [0, 0.05) is 30.6 Å². The molecule has 0 aromatic heterocycles. The van der Waals surface area contributed by atoms with Gasteiger partial charge < -0.3 is 4.90 Å². The number of rotatable bonds is 6. The van der Waals surface area contributed by atoms with Crippen molar-refractivity contribution in [3.63, 3.8) is 0 Å². The van der Waals surface area contributed by atoms with Crippen LogP contribution in [0.15, 0.2) is 60.0 Å². The van der Waals surface area contributed by atoms with Crippen LogP contribution in [0.2, 0.25) is 0 Å². The van der Waals surface area contributed by atoms with E-state index in [2.05, 4.69) is 4.72 Å². The van der Waals surface area contributed by atoms with Crippen molar-refractivity contribution < 1.29 is 13.2 Å². The van der Waals surface area contributed by atoms with Gasteiger partial charge in [-0.2, -0.15) is 0 Å². The molecular formula is C19H20N2O3S. The summed E-state index contributed by atoms with van der Waals surface area (Å²) in [7, 11) is -3.53. The second-order valence-corrected chi connectivity index (χ2v) is 7.55. The van der Waals surface area contributed by atoms with E-state index < -0.39 is 10.0 Å². The van der Waals surface area contributed by atoms with E-state index in [-0.39, 0.29) is 12.5 Å². The van der Waals surface area contributed by atoms with Gasteiger partial charge in [-0.15, -0.1) is 0 Å². The molecule has 0 bridgehead atoms. The number of benzene rings is 2. The van der Waals surface area contributed by atoms with E-state index >= 15 is 0 Å². The molecule has 5 nitrogen and oxygen atoms in total. The molecule has 6 heteroatoms. The predicted molar refractivity (Wildman–Crippen MR) is 99.3 cm³/mol. The molecule has 2 aromatic carbocycles. The summed E-state index contributed by atoms with van der Waals surface area (Å²) in [5.74, 6) is 0.114. The fourth-order valence-corrected chi connectivity index (χ4v) is 3.52. The van der Waals surface area contributed by atoms with E-state index in [9.17, 15) is 13.2 Å². The first kappa shape index (κ1) is 17.4. The van der Waals surface area contributed by atoms with Gasteiger partial charge in [0.05, 0.1) is 0 Å². The molecule has 1 aliphatic rings. The zero-order chi connectivity index (χ0) is 17.7. The van der Waals surface area contributed by atoms with Crippen LogP contribution in [-0.2, 0) is 21.4 Å². The minimum atomic E-state index is -3.53. The smallest absolute Gasteiger partial charge is 0.234 e. The van der Waals surface area contributed by atoms with Crippen molar-refractivity contribution in [2.24, 2.45) is 0 Å². The summed E-state index contributed by atoms with van der Waals surface area (Å²) < 4.78 is 26.8. The number of hydrogen-bond acceptors (Lipinski definition) is 3. The van der Waals surface area contributed by atoms with E-state index in [1.807, 2.05) is 54.6 Å². The predicted octanol–water partition coefficient (Wildman–Crippen LogP) is 2.90. The van der Waals surface area contributed by atoms with E-state index in [1.54, 1.807) is 11.0 Å². The maximum atomic E-state index is 12.1. The molecule has 0 aliphatic carbocycles. The van der Waals surface area contributed by atoms with Gasteiger partial charge in [-0.25, -0.2) is 13.1 Å². The van der Waals surface area contributed by atoms with E-state index in [1.165, 1.54) is 0 Å². The number of nitrogens with one attached hydrogen (secondary N) is 1. The van der Waals surface area contributed by atoms with Gasteiger partial charge in [0.25, 0.3) is 0 Å². The highest BCUT2D eigenvalue weighted by atomic mass is 32.2. The average Bonchev–Trinajstić information content (AvgIpc) is 3.06. The molecular weight excluding hydrogens is 336 g/mol. The Labute approximate surface area is 148 Å². The summed E-state index contributed by atoms with van der Waals surface area (Å²) in [5, 5.41) is 1.16. The summed E-state index contributed by atoms with van der Waals surface area (Å²) in [6.45, 7) is 0.894. The number of nitrogens with zero attached hydrogens (tertiary/aromatic N) is 1. The molecule has 0 spiro atoms. The molecule has 0 saturated carbocycles. The highest BCUT2D eigenvalue weighted by Gasteiger charge is 2.21. The van der Waals surface area contributed by atoms with Gasteiger partial charge in [0.1, 0.15) is 0 Å². The number of sulfonamides is 1. The SMILES string of the molecule is O=C1CCCN1c1cccc(CNS(=O)(=O)/C=C/c2ccccc2)c1. The fraction of sp³-hybridized carbons (Fsp3) is 0.211. The second kappa shape index (κ2) is 7.63. The fourth-order valence-electron chi connectivity index (χ4n) is 2.72. The highest BCUT2D eigenvalue weighted by molar-refractivity contribution is 7.92. The largest absolute Gasteiger partial charge is 0.312 e. The first-order chi connectivity index (χ1) is 12.0. The van der Waals surface area contributed by atoms with Crippen LogP contribution in [0.25, 0.3) is 6.08 Å². The van der Waals surface area contributed by atoms with Crippen molar-refractivity contribution in [1.82, 2.24) is 4.72 Å². The summed E-state index contributed by atoms with van der Waals surface area (Å²) in [6.07, 6.45) is 2.99. The van der Waals surface area contributed by atoms with Gasteiger partial charge in [0.2, 0.25) is 15.9 Å². The first-order valence-electron chi connectivity index (χ1n) is 8.16. The zero-order valence-electron chi connectivity index (χ0n) is 13.8. The van der Waals surface area contributed by atoms with Gasteiger partial charge in [-0.05, 0) is 35.8 Å². The maximum absolute atomic E-state index is 12.1. The van der Waals surface area contributed by atoms with Crippen LogP contribution in [0.5, 0.6) is 0 Å². The summed E-state index contributed by atoms with van der Waals surface area (Å²) >= 11 is 0. The lowest BCUT2D eigenvalue weighted by atomic mass is 10.2. The first-order valence-corrected chi connectivity index (χ1v) is 9.70. The standard InChI is InChI=1S/C19H20N2O3S/c22-19-10-5-12-21(19)18-9-4-8-17(14-18)15-20-25(23,24)13-11-16-6-2-1-3-7-16/h1-4,6-9,11,13-14,20H,5,10,12,15H2/b13-11+. The number of amides is 1. The molecule has 0 atom stereocenters. The molecule has 130 valence electrons. The molecule has 1 heterocycles. The number of carbonyl (C=O) groups is 1. The van der Waals surface area contributed by atoms with Gasteiger partial charge in [-0.3, -0.25) is 4.79 Å². The average molecular weight is 356 g/mol. The normalized spacial score (nSPS) is 15.2. The number of hydrogen-bond donors (Lipinski definition) is 1. The Bertz CT molecular complexity index is 877. The zero-order valence-corrected chi connectivity index (χ0v) is 14.6. The van der Waals surface area contributed by atoms with Crippen molar-refractivity contribution in [3.05, 3.63) is 71.1 Å². The molecule has 1 saturated heterocycles. The topological polar surface area (TPSA) is 66.5 Å². The van der Waals surface area contributed by atoms with Gasteiger partial charge in [0.15, 0.2) is 0 Å². The van der Waals surface area contributed by atoms with E-state index in [4.69, 9.17) is 0 Å². The lowest BCUT2D eigenvalue weighted by Crippen LogP contribution is -2.24. The van der Waals surface area contributed by atoms with Crippen LogP contribution in [0, 0.1) is 0 Å². The third kappa shape index (κ3) is 4.78. The molecule has 3 rings (SSSR count). The molecule has 25 heavy (non-hydrogen) atoms. The Balaban J connectivity index is 1.65. The Hall–Kier alpha value is -2.44. The van der Waals surface area contributed by atoms with Crippen LogP contribution >= 0.6 is 0 Å². The van der Waals surface area contributed by atoms with Crippen LogP contribution < -0.4 is 9.62 Å². The summed E-state index contributed by atoms with van der Waals surface area (Å²) in [4.78, 5) is 13.6. The van der Waals surface area contributed by atoms with E-state index in [0.717, 1.165) is 28.6 Å². The Morgan fingerprint density at radius 3 is 2.60 bits per heavy atom. The molecule has 1 fully saturated rings. The van der Waals surface area contributed by atoms with Crippen LogP contribution in [0.1, 0.15) is 24.0 Å². The van der Waals surface area contributed by atoms with Crippen molar-refractivity contribution in [3.8, 4) is 0 Å². The van der Waals surface area contributed by atoms with Crippen LogP contribution in [0.3, 0.4) is 0 Å². The minimum absolute atomic E-state index is 0.114. The molecule has 1 N–H and O–H groups in total. The van der Waals surface area contributed by atoms with Crippen LogP contribution in [-0.4, -0.2) is 20.9 Å². The highest BCUT2D eigenvalue weighted by Crippen LogP contribution is 2.22. The Morgan fingerprint density at radius 2 is 1.88 bits per heavy atom. The molecule has 0 unspecified atom stereocenters. The van der Waals surface area contributed by atoms with Crippen molar-refractivity contribution in [2.75, 3.05) is 11.4 Å². The second-order valence-electron chi connectivity index (χ2n) is 5.90. The minimum Gasteiger partial charge on any atom is -0.312 e. The van der Waals surface area contributed by atoms with E-state index in [0.29, 0.717) is 13.0 Å². The Morgan fingerprint density at radius 1 is 1.08 bits per heavy atom. The molecule has 1 amide bonds. The summed E-state index contributed by atoms with van der Waals surface area (Å²) in [6, 6.07) is 16.7. The van der Waals surface area contributed by atoms with Gasteiger partial charge >= 0.3 is 0 Å². The van der Waals surface area contributed by atoms with Crippen LogP contribution in [0.4, 0.5) is 5.69 Å². The monoisotopic (exact) mass is 356 g/mol.